The van der Waals surface area contributed by atoms with Crippen LogP contribution in [0, 0.1) is 5.92 Å². The zero-order chi connectivity index (χ0) is 12.7. The van der Waals surface area contributed by atoms with Crippen LogP contribution in [0.4, 0.5) is 5.95 Å². The van der Waals surface area contributed by atoms with Crippen molar-refractivity contribution in [3.05, 3.63) is 12.4 Å². The molecule has 0 aromatic carbocycles. The maximum Gasteiger partial charge on any atom is 0.203 e. The molecule has 1 atom stereocenters. The fourth-order valence-electron chi connectivity index (χ4n) is 1.75. The number of hydrogen-bond donors (Lipinski definition) is 1. The molecule has 17 heavy (non-hydrogen) atoms. The molecule has 5 heteroatoms. The highest BCUT2D eigenvalue weighted by Gasteiger charge is 2.17. The van der Waals surface area contributed by atoms with E-state index in [0.29, 0.717) is 25.2 Å². The Kier molecular flexibility index (Phi) is 6.00. The van der Waals surface area contributed by atoms with E-state index in [1.54, 1.807) is 20.4 Å². The lowest BCUT2D eigenvalue weighted by Crippen LogP contribution is -2.22. The number of nitrogens with one attached hydrogen (secondary N) is 1. The third-order valence-electron chi connectivity index (χ3n) is 2.72. The van der Waals surface area contributed by atoms with Crippen molar-refractivity contribution in [3.8, 4) is 0 Å². The quantitative estimate of drug-likeness (QED) is 0.705. The van der Waals surface area contributed by atoms with E-state index in [-0.39, 0.29) is 0 Å². The molecule has 1 unspecified atom stereocenters. The summed E-state index contributed by atoms with van der Waals surface area (Å²) >= 11 is 0. The summed E-state index contributed by atoms with van der Waals surface area (Å²) in [4.78, 5) is 4.31. The first kappa shape index (κ1) is 14.0. The Hall–Kier alpha value is -1.07. The van der Waals surface area contributed by atoms with Crippen molar-refractivity contribution in [1.82, 2.24) is 9.55 Å². The third-order valence-corrected chi connectivity index (χ3v) is 2.72. The molecule has 0 amide bonds. The second kappa shape index (κ2) is 7.29. The summed E-state index contributed by atoms with van der Waals surface area (Å²) in [5.74, 6) is 1.37. The summed E-state index contributed by atoms with van der Waals surface area (Å²) in [5, 5.41) is 3.26. The Balaban J connectivity index is 2.70. The van der Waals surface area contributed by atoms with Gasteiger partial charge in [0.1, 0.15) is 0 Å². The van der Waals surface area contributed by atoms with Crippen LogP contribution in [-0.4, -0.2) is 43.5 Å². The Morgan fingerprint density at radius 1 is 1.35 bits per heavy atom. The summed E-state index contributed by atoms with van der Waals surface area (Å²) < 4.78 is 12.4. The smallest absolute Gasteiger partial charge is 0.203 e. The summed E-state index contributed by atoms with van der Waals surface area (Å²) in [6.45, 7) is 6.48. The van der Waals surface area contributed by atoms with Crippen molar-refractivity contribution in [1.29, 1.82) is 0 Å². The van der Waals surface area contributed by atoms with Gasteiger partial charge in [-0.25, -0.2) is 4.98 Å². The lowest BCUT2D eigenvalue weighted by Gasteiger charge is -2.23. The number of imidazole rings is 1. The van der Waals surface area contributed by atoms with Gasteiger partial charge in [-0.2, -0.15) is 0 Å². The van der Waals surface area contributed by atoms with E-state index >= 15 is 0 Å². The minimum absolute atomic E-state index is 0.299. The van der Waals surface area contributed by atoms with Crippen molar-refractivity contribution in [2.24, 2.45) is 5.92 Å². The molecule has 0 aliphatic heterocycles. The Bertz CT molecular complexity index is 312. The predicted octanol–water partition coefficient (Wildman–Crippen LogP) is 1.78. The number of ether oxygens (including phenoxy) is 2. The molecule has 0 spiro atoms. The van der Waals surface area contributed by atoms with Crippen LogP contribution in [0.2, 0.25) is 0 Å². The van der Waals surface area contributed by atoms with Crippen LogP contribution in [-0.2, 0) is 9.47 Å². The molecule has 0 radical (unpaired) electrons. The highest BCUT2D eigenvalue weighted by Crippen LogP contribution is 2.21. The first-order valence-electron chi connectivity index (χ1n) is 5.95. The molecule has 98 valence electrons. The van der Waals surface area contributed by atoms with Gasteiger partial charge in [0.15, 0.2) is 0 Å². The second-order valence-electron chi connectivity index (χ2n) is 4.34. The average Bonchev–Trinajstić information content (AvgIpc) is 2.74. The number of nitrogens with zero attached hydrogens (tertiary/aromatic N) is 2. The number of methoxy groups -OCH3 is 2. The minimum atomic E-state index is 0.299. The number of anilines is 1. The van der Waals surface area contributed by atoms with E-state index in [0.717, 1.165) is 12.5 Å². The van der Waals surface area contributed by atoms with Crippen molar-refractivity contribution >= 4 is 5.95 Å². The summed E-state index contributed by atoms with van der Waals surface area (Å²) in [6.07, 6.45) is 3.79. The zero-order valence-corrected chi connectivity index (χ0v) is 11.1. The Morgan fingerprint density at radius 3 is 2.71 bits per heavy atom. The van der Waals surface area contributed by atoms with Gasteiger partial charge in [-0.3, -0.25) is 0 Å². The van der Waals surface area contributed by atoms with E-state index in [2.05, 4.69) is 28.7 Å². The van der Waals surface area contributed by atoms with Gasteiger partial charge in [0.05, 0.1) is 19.3 Å². The lowest BCUT2D eigenvalue weighted by atomic mass is 10.1. The standard InChI is InChI=1S/C12H23N3O2/c1-10(2)11(9-17-4)15-7-5-13-12(15)14-6-8-16-3/h5,7,10-11H,6,8-9H2,1-4H3,(H,13,14). The van der Waals surface area contributed by atoms with Crippen molar-refractivity contribution in [3.63, 3.8) is 0 Å². The van der Waals surface area contributed by atoms with Crippen LogP contribution in [0.25, 0.3) is 0 Å². The van der Waals surface area contributed by atoms with Gasteiger partial charge < -0.3 is 19.4 Å². The van der Waals surface area contributed by atoms with E-state index < -0.39 is 0 Å². The maximum atomic E-state index is 5.27. The highest BCUT2D eigenvalue weighted by molar-refractivity contribution is 5.26. The minimum Gasteiger partial charge on any atom is -0.383 e. The average molecular weight is 241 g/mol. The second-order valence-corrected chi connectivity index (χ2v) is 4.34. The summed E-state index contributed by atoms with van der Waals surface area (Å²) in [6, 6.07) is 0.299. The fraction of sp³-hybridized carbons (Fsp3) is 0.750. The van der Waals surface area contributed by atoms with Crippen LogP contribution < -0.4 is 5.32 Å². The molecule has 0 aliphatic carbocycles. The molecular weight excluding hydrogens is 218 g/mol. The van der Waals surface area contributed by atoms with Gasteiger partial charge >= 0.3 is 0 Å². The molecule has 0 saturated carbocycles. The summed E-state index contributed by atoms with van der Waals surface area (Å²) in [7, 11) is 3.42. The number of hydrogen-bond acceptors (Lipinski definition) is 4. The van der Waals surface area contributed by atoms with Gasteiger partial charge in [0, 0.05) is 33.2 Å². The van der Waals surface area contributed by atoms with Gasteiger partial charge in [-0.05, 0) is 5.92 Å². The van der Waals surface area contributed by atoms with Crippen LogP contribution in [0.1, 0.15) is 19.9 Å². The third kappa shape index (κ3) is 4.02. The first-order valence-corrected chi connectivity index (χ1v) is 5.95. The SMILES string of the molecule is COCCNc1nccn1C(COC)C(C)C. The van der Waals surface area contributed by atoms with Crippen molar-refractivity contribution in [2.75, 3.05) is 39.3 Å². The van der Waals surface area contributed by atoms with Crippen LogP contribution in [0.5, 0.6) is 0 Å². The molecule has 0 fully saturated rings. The lowest BCUT2D eigenvalue weighted by molar-refractivity contribution is 0.134. The van der Waals surface area contributed by atoms with Gasteiger partial charge in [0.2, 0.25) is 5.95 Å². The molecule has 1 N–H and O–H groups in total. The normalized spacial score (nSPS) is 13.0. The predicted molar refractivity (Wildman–Crippen MR) is 68.3 cm³/mol. The van der Waals surface area contributed by atoms with E-state index in [1.807, 2.05) is 6.20 Å². The monoisotopic (exact) mass is 241 g/mol. The van der Waals surface area contributed by atoms with E-state index in [4.69, 9.17) is 9.47 Å². The Morgan fingerprint density at radius 2 is 2.12 bits per heavy atom. The maximum absolute atomic E-state index is 5.27. The van der Waals surface area contributed by atoms with Crippen LogP contribution >= 0.6 is 0 Å². The molecule has 0 saturated heterocycles. The highest BCUT2D eigenvalue weighted by atomic mass is 16.5. The molecule has 0 bridgehead atoms. The molecule has 1 aromatic rings. The molecule has 1 heterocycles. The first-order chi connectivity index (χ1) is 8.20. The fourth-order valence-corrected chi connectivity index (χ4v) is 1.75. The molecular formula is C12H23N3O2. The van der Waals surface area contributed by atoms with Crippen LogP contribution in [0.15, 0.2) is 12.4 Å². The number of aromatic nitrogens is 2. The van der Waals surface area contributed by atoms with Crippen LogP contribution in [0.3, 0.4) is 0 Å². The topological polar surface area (TPSA) is 48.3 Å². The van der Waals surface area contributed by atoms with Gasteiger partial charge in [-0.15, -0.1) is 0 Å². The van der Waals surface area contributed by atoms with E-state index in [1.165, 1.54) is 0 Å². The molecule has 1 aromatic heterocycles. The van der Waals surface area contributed by atoms with Gasteiger partial charge in [-0.1, -0.05) is 13.8 Å². The Labute approximate surface area is 103 Å². The molecule has 0 aliphatic rings. The summed E-state index contributed by atoms with van der Waals surface area (Å²) in [5.41, 5.74) is 0. The number of rotatable bonds is 8. The van der Waals surface area contributed by atoms with Crippen molar-refractivity contribution in [2.45, 2.75) is 19.9 Å². The zero-order valence-electron chi connectivity index (χ0n) is 11.1. The molecule has 1 rings (SSSR count). The van der Waals surface area contributed by atoms with Crippen molar-refractivity contribution < 1.29 is 9.47 Å². The van der Waals surface area contributed by atoms with Gasteiger partial charge in [0.25, 0.3) is 0 Å². The van der Waals surface area contributed by atoms with E-state index in [9.17, 15) is 0 Å². The largest absolute Gasteiger partial charge is 0.383 e. The molecule has 5 nitrogen and oxygen atoms in total.